The Morgan fingerprint density at radius 1 is 1.42 bits per heavy atom. The van der Waals surface area contributed by atoms with Gasteiger partial charge in [0.15, 0.2) is 0 Å². The third kappa shape index (κ3) is 3.76. The molecule has 1 aromatic heterocycles. The fraction of sp³-hybridized carbons (Fsp3) is 0.308. The molecule has 0 saturated heterocycles. The first-order chi connectivity index (χ1) is 8.74. The lowest BCUT2D eigenvalue weighted by Crippen LogP contribution is -2.03. The van der Waals surface area contributed by atoms with Gasteiger partial charge in [-0.15, -0.1) is 12.4 Å². The Morgan fingerprint density at radius 2 is 2.21 bits per heavy atom. The molecule has 19 heavy (non-hydrogen) atoms. The lowest BCUT2D eigenvalue weighted by atomic mass is 10.1. The number of benzene rings is 1. The first kappa shape index (κ1) is 15.6. The molecule has 0 amide bonds. The summed E-state index contributed by atoms with van der Waals surface area (Å²) in [4.78, 5) is 0. The summed E-state index contributed by atoms with van der Waals surface area (Å²) in [5.41, 5.74) is 7.54. The molecule has 2 N–H and O–H groups in total. The molecule has 0 radical (unpaired) electrons. The van der Waals surface area contributed by atoms with Crippen molar-refractivity contribution in [2.45, 2.75) is 13.1 Å². The molecular formula is C13H17ClFN3O. The molecule has 1 heterocycles. The van der Waals surface area contributed by atoms with Gasteiger partial charge in [0, 0.05) is 31.0 Å². The van der Waals surface area contributed by atoms with Gasteiger partial charge in [0.05, 0.1) is 19.3 Å². The maximum Gasteiger partial charge on any atom is 0.131 e. The molecule has 0 aliphatic carbocycles. The maximum atomic E-state index is 13.9. The van der Waals surface area contributed by atoms with Crippen molar-refractivity contribution in [1.82, 2.24) is 9.78 Å². The Labute approximate surface area is 117 Å². The van der Waals surface area contributed by atoms with E-state index >= 15 is 0 Å². The standard InChI is InChI=1S/C13H16FN3O.ClH/c1-18-5-4-17-9-11(8-16-17)12-3-2-10(7-15)6-13(12)14;/h2-3,6,8-9H,4-5,7,15H2,1H3;1H. The van der Waals surface area contributed by atoms with Gasteiger partial charge in [-0.1, -0.05) is 12.1 Å². The van der Waals surface area contributed by atoms with E-state index in [1.807, 2.05) is 6.07 Å². The van der Waals surface area contributed by atoms with Crippen LogP contribution < -0.4 is 5.73 Å². The van der Waals surface area contributed by atoms with E-state index < -0.39 is 0 Å². The summed E-state index contributed by atoms with van der Waals surface area (Å²) < 4.78 is 20.6. The van der Waals surface area contributed by atoms with Crippen LogP contribution in [-0.2, 0) is 17.8 Å². The van der Waals surface area contributed by atoms with Crippen LogP contribution in [0, 0.1) is 5.82 Å². The molecule has 2 rings (SSSR count). The summed E-state index contributed by atoms with van der Waals surface area (Å²) in [6.45, 7) is 1.57. The quantitative estimate of drug-likeness (QED) is 0.916. The Hall–Kier alpha value is -1.43. The zero-order valence-electron chi connectivity index (χ0n) is 10.7. The minimum Gasteiger partial charge on any atom is -0.383 e. The predicted octanol–water partition coefficient (Wildman–Crippen LogP) is 2.22. The van der Waals surface area contributed by atoms with Gasteiger partial charge in [-0.3, -0.25) is 4.68 Å². The number of hydrogen-bond donors (Lipinski definition) is 1. The van der Waals surface area contributed by atoms with Crippen LogP contribution in [0.15, 0.2) is 30.6 Å². The molecule has 6 heteroatoms. The lowest BCUT2D eigenvalue weighted by molar-refractivity contribution is 0.183. The summed E-state index contributed by atoms with van der Waals surface area (Å²) in [5.74, 6) is -0.274. The molecule has 104 valence electrons. The molecule has 0 aliphatic heterocycles. The molecule has 0 aliphatic rings. The number of methoxy groups -OCH3 is 1. The Balaban J connectivity index is 0.00000180. The summed E-state index contributed by atoms with van der Waals surface area (Å²) in [7, 11) is 1.63. The van der Waals surface area contributed by atoms with Gasteiger partial charge in [-0.2, -0.15) is 5.10 Å². The van der Waals surface area contributed by atoms with E-state index in [9.17, 15) is 4.39 Å². The smallest absolute Gasteiger partial charge is 0.131 e. The second kappa shape index (κ2) is 7.23. The molecule has 0 unspecified atom stereocenters. The van der Waals surface area contributed by atoms with Gasteiger partial charge in [0.1, 0.15) is 5.82 Å². The van der Waals surface area contributed by atoms with Crippen LogP contribution in [0.1, 0.15) is 5.56 Å². The highest BCUT2D eigenvalue weighted by Gasteiger charge is 2.08. The largest absolute Gasteiger partial charge is 0.383 e. The van der Waals surface area contributed by atoms with Crippen LogP contribution in [0.25, 0.3) is 11.1 Å². The number of aromatic nitrogens is 2. The van der Waals surface area contributed by atoms with E-state index in [1.54, 1.807) is 30.3 Å². The molecule has 0 bridgehead atoms. The highest BCUT2D eigenvalue weighted by atomic mass is 35.5. The van der Waals surface area contributed by atoms with Gasteiger partial charge >= 0.3 is 0 Å². The van der Waals surface area contributed by atoms with Gasteiger partial charge < -0.3 is 10.5 Å². The Morgan fingerprint density at radius 3 is 2.84 bits per heavy atom. The second-order valence-corrected chi connectivity index (χ2v) is 4.00. The number of halogens is 2. The second-order valence-electron chi connectivity index (χ2n) is 4.00. The van der Waals surface area contributed by atoms with Crippen molar-refractivity contribution >= 4 is 12.4 Å². The van der Waals surface area contributed by atoms with Crippen molar-refractivity contribution in [3.05, 3.63) is 42.0 Å². The molecule has 0 saturated carbocycles. The van der Waals surface area contributed by atoms with Crippen molar-refractivity contribution in [2.75, 3.05) is 13.7 Å². The highest BCUT2D eigenvalue weighted by molar-refractivity contribution is 5.85. The van der Waals surface area contributed by atoms with E-state index in [0.717, 1.165) is 11.1 Å². The molecular weight excluding hydrogens is 269 g/mol. The van der Waals surface area contributed by atoms with Gasteiger partial charge in [-0.25, -0.2) is 4.39 Å². The van der Waals surface area contributed by atoms with Crippen molar-refractivity contribution in [1.29, 1.82) is 0 Å². The zero-order valence-corrected chi connectivity index (χ0v) is 11.5. The number of hydrogen-bond acceptors (Lipinski definition) is 3. The van der Waals surface area contributed by atoms with Crippen LogP contribution in [0.3, 0.4) is 0 Å². The lowest BCUT2D eigenvalue weighted by Gasteiger charge is -2.03. The summed E-state index contributed by atoms with van der Waals surface area (Å²) in [5, 5.41) is 4.16. The Bertz CT molecular complexity index is 530. The average Bonchev–Trinajstić information content (AvgIpc) is 2.84. The summed E-state index contributed by atoms with van der Waals surface area (Å²) in [6, 6.07) is 5.02. The fourth-order valence-electron chi connectivity index (χ4n) is 1.73. The Kier molecular flexibility index (Phi) is 5.95. The third-order valence-corrected chi connectivity index (χ3v) is 2.74. The van der Waals surface area contributed by atoms with Crippen LogP contribution in [0.4, 0.5) is 4.39 Å². The first-order valence-corrected chi connectivity index (χ1v) is 5.75. The minimum atomic E-state index is -0.274. The van der Waals surface area contributed by atoms with Crippen LogP contribution in [0.2, 0.25) is 0 Å². The van der Waals surface area contributed by atoms with E-state index in [1.165, 1.54) is 6.07 Å². The van der Waals surface area contributed by atoms with E-state index in [-0.39, 0.29) is 18.2 Å². The minimum absolute atomic E-state index is 0. The van der Waals surface area contributed by atoms with Gasteiger partial charge in [0.25, 0.3) is 0 Å². The van der Waals surface area contributed by atoms with Crippen molar-refractivity contribution < 1.29 is 9.13 Å². The monoisotopic (exact) mass is 285 g/mol. The topological polar surface area (TPSA) is 53.1 Å². The van der Waals surface area contributed by atoms with E-state index in [2.05, 4.69) is 5.10 Å². The maximum absolute atomic E-state index is 13.9. The van der Waals surface area contributed by atoms with Crippen LogP contribution >= 0.6 is 12.4 Å². The number of ether oxygens (including phenoxy) is 1. The normalized spacial score (nSPS) is 10.3. The molecule has 0 fully saturated rings. The third-order valence-electron chi connectivity index (χ3n) is 2.74. The number of nitrogens with two attached hydrogens (primary N) is 1. The molecule has 2 aromatic rings. The van der Waals surface area contributed by atoms with Crippen molar-refractivity contribution in [2.24, 2.45) is 5.73 Å². The zero-order chi connectivity index (χ0) is 13.0. The van der Waals surface area contributed by atoms with Gasteiger partial charge in [0.2, 0.25) is 0 Å². The fourth-order valence-corrected chi connectivity index (χ4v) is 1.73. The molecule has 0 atom stereocenters. The molecule has 1 aromatic carbocycles. The first-order valence-electron chi connectivity index (χ1n) is 5.75. The highest BCUT2D eigenvalue weighted by Crippen LogP contribution is 2.23. The summed E-state index contributed by atoms with van der Waals surface area (Å²) in [6.07, 6.45) is 3.45. The SMILES string of the molecule is COCCn1cc(-c2ccc(CN)cc2F)cn1.Cl. The van der Waals surface area contributed by atoms with Crippen LogP contribution in [-0.4, -0.2) is 23.5 Å². The van der Waals surface area contributed by atoms with Gasteiger partial charge in [-0.05, 0) is 11.6 Å². The van der Waals surface area contributed by atoms with Crippen LogP contribution in [0.5, 0.6) is 0 Å². The summed E-state index contributed by atoms with van der Waals surface area (Å²) >= 11 is 0. The van der Waals surface area contributed by atoms with E-state index in [4.69, 9.17) is 10.5 Å². The van der Waals surface area contributed by atoms with Crippen molar-refractivity contribution in [3.63, 3.8) is 0 Å². The predicted molar refractivity (Wildman–Crippen MR) is 74.6 cm³/mol. The molecule has 0 spiro atoms. The number of rotatable bonds is 5. The number of nitrogens with zero attached hydrogens (tertiary/aromatic N) is 2. The van der Waals surface area contributed by atoms with E-state index in [0.29, 0.717) is 25.3 Å². The molecule has 4 nitrogen and oxygen atoms in total. The average molecular weight is 286 g/mol. The van der Waals surface area contributed by atoms with Crippen molar-refractivity contribution in [3.8, 4) is 11.1 Å².